The molecule has 2 aliphatic heterocycles. The number of para-hydroxylation sites is 1. The highest BCUT2D eigenvalue weighted by molar-refractivity contribution is 5.84. The van der Waals surface area contributed by atoms with Crippen LogP contribution < -0.4 is 5.32 Å². The van der Waals surface area contributed by atoms with Crippen LogP contribution in [0.25, 0.3) is 16.9 Å². The Morgan fingerprint density at radius 1 is 1.28 bits per heavy atom. The first-order chi connectivity index (χ1) is 14.1. The van der Waals surface area contributed by atoms with Crippen LogP contribution in [-0.2, 0) is 6.42 Å². The van der Waals surface area contributed by atoms with Crippen molar-refractivity contribution in [2.24, 2.45) is 11.8 Å². The maximum atomic E-state index is 14.6. The third-order valence-electron chi connectivity index (χ3n) is 6.09. The summed E-state index contributed by atoms with van der Waals surface area (Å²) in [6.07, 6.45) is 1.90. The highest BCUT2D eigenvalue weighted by atomic mass is 19.1. The Morgan fingerprint density at radius 2 is 2.14 bits per heavy atom. The molecule has 5 rings (SSSR count). The summed E-state index contributed by atoms with van der Waals surface area (Å²) >= 11 is 0. The fraction of sp³-hybridized carbons (Fsp3) is 0.571. The number of nitrogens with zero attached hydrogens (tertiary/aromatic N) is 5. The fourth-order valence-electron chi connectivity index (χ4n) is 4.47. The maximum Gasteiger partial charge on any atom is 0.291 e. The average molecular weight is 398 g/mol. The summed E-state index contributed by atoms with van der Waals surface area (Å²) in [5, 5.41) is 12.8. The maximum absolute atomic E-state index is 14.6. The van der Waals surface area contributed by atoms with E-state index in [0.717, 1.165) is 56.0 Å². The van der Waals surface area contributed by atoms with Crippen LogP contribution in [-0.4, -0.2) is 57.5 Å². The first kappa shape index (κ1) is 18.7. The Morgan fingerprint density at radius 3 is 2.90 bits per heavy atom. The second kappa shape index (κ2) is 7.50. The van der Waals surface area contributed by atoms with Crippen LogP contribution in [0.5, 0.6) is 0 Å². The molecule has 1 N–H and O–H groups in total. The largest absolute Gasteiger partial charge is 0.337 e. The van der Waals surface area contributed by atoms with E-state index in [1.54, 1.807) is 6.07 Å². The minimum atomic E-state index is -0.329. The zero-order valence-corrected chi connectivity index (χ0v) is 16.9. The van der Waals surface area contributed by atoms with Gasteiger partial charge in [0.2, 0.25) is 5.89 Å². The smallest absolute Gasteiger partial charge is 0.291 e. The van der Waals surface area contributed by atoms with Gasteiger partial charge in [-0.25, -0.2) is 4.39 Å². The SMILES string of the molecule is CC(C)c1nn(-c2noc(C[C@H]3CCN(CC4CNC4)C3)n2)c2c(F)cccc12. The third kappa shape index (κ3) is 3.55. The Bertz CT molecular complexity index is 1010. The van der Waals surface area contributed by atoms with Crippen molar-refractivity contribution < 1.29 is 8.91 Å². The molecule has 0 aliphatic carbocycles. The summed E-state index contributed by atoms with van der Waals surface area (Å²) < 4.78 is 21.6. The zero-order chi connectivity index (χ0) is 20.0. The van der Waals surface area contributed by atoms with Crippen molar-refractivity contribution in [2.75, 3.05) is 32.7 Å². The predicted molar refractivity (Wildman–Crippen MR) is 108 cm³/mol. The van der Waals surface area contributed by atoms with Crippen LogP contribution in [0.3, 0.4) is 0 Å². The van der Waals surface area contributed by atoms with Gasteiger partial charge in [0.05, 0.1) is 5.69 Å². The van der Waals surface area contributed by atoms with E-state index >= 15 is 0 Å². The number of rotatable bonds is 6. The molecular weight excluding hydrogens is 371 g/mol. The first-order valence-corrected chi connectivity index (χ1v) is 10.5. The highest BCUT2D eigenvalue weighted by Crippen LogP contribution is 2.28. The lowest BCUT2D eigenvalue weighted by Gasteiger charge is -2.31. The molecule has 2 fully saturated rings. The lowest BCUT2D eigenvalue weighted by atomic mass is 10.0. The molecular formula is C21H27FN6O. The molecule has 7 nitrogen and oxygen atoms in total. The Kier molecular flexibility index (Phi) is 4.83. The van der Waals surface area contributed by atoms with Gasteiger partial charge in [0.1, 0.15) is 11.3 Å². The average Bonchev–Trinajstić information content (AvgIpc) is 3.37. The van der Waals surface area contributed by atoms with Gasteiger partial charge in [0.25, 0.3) is 5.95 Å². The van der Waals surface area contributed by atoms with Crippen LogP contribution in [0.4, 0.5) is 4.39 Å². The van der Waals surface area contributed by atoms with Crippen molar-refractivity contribution in [1.82, 2.24) is 30.1 Å². The molecule has 0 radical (unpaired) electrons. The van der Waals surface area contributed by atoms with E-state index in [2.05, 4.69) is 25.5 Å². The van der Waals surface area contributed by atoms with Crippen LogP contribution in [0, 0.1) is 17.7 Å². The number of nitrogens with one attached hydrogen (secondary N) is 1. The molecule has 0 bridgehead atoms. The van der Waals surface area contributed by atoms with E-state index in [-0.39, 0.29) is 11.7 Å². The highest BCUT2D eigenvalue weighted by Gasteiger charge is 2.28. The number of fused-ring (bicyclic) bond motifs is 1. The van der Waals surface area contributed by atoms with Crippen molar-refractivity contribution in [2.45, 2.75) is 32.6 Å². The van der Waals surface area contributed by atoms with Gasteiger partial charge >= 0.3 is 0 Å². The molecule has 0 amide bonds. The standard InChI is InChI=1S/C21H27FN6O/c1-13(2)19-16-4-3-5-17(22)20(16)28(25-19)21-24-18(29-26-21)8-14-6-7-27(11-14)12-15-9-23-10-15/h3-5,13-15,23H,6-12H2,1-2H3/t14-/m1/s1. The van der Waals surface area contributed by atoms with Gasteiger partial charge < -0.3 is 14.7 Å². The number of hydrogen-bond acceptors (Lipinski definition) is 6. The van der Waals surface area contributed by atoms with E-state index in [1.165, 1.54) is 17.3 Å². The molecule has 8 heteroatoms. The van der Waals surface area contributed by atoms with Gasteiger partial charge in [-0.3, -0.25) is 0 Å². The molecule has 154 valence electrons. The van der Waals surface area contributed by atoms with Gasteiger partial charge in [0.15, 0.2) is 0 Å². The lowest BCUT2D eigenvalue weighted by molar-refractivity contribution is 0.217. The minimum absolute atomic E-state index is 0.169. The van der Waals surface area contributed by atoms with Crippen LogP contribution in [0.15, 0.2) is 22.7 Å². The third-order valence-corrected chi connectivity index (χ3v) is 6.09. The predicted octanol–water partition coefficient (Wildman–Crippen LogP) is 2.75. The second-order valence-electron chi connectivity index (χ2n) is 8.72. The van der Waals surface area contributed by atoms with Gasteiger partial charge in [-0.2, -0.15) is 14.8 Å². The molecule has 3 aromatic rings. The van der Waals surface area contributed by atoms with Crippen LogP contribution in [0.2, 0.25) is 0 Å². The number of hydrogen-bond donors (Lipinski definition) is 1. The molecule has 1 aromatic carbocycles. The Labute approximate surface area is 169 Å². The van der Waals surface area contributed by atoms with Crippen LogP contribution in [0.1, 0.15) is 37.8 Å². The van der Waals surface area contributed by atoms with Crippen molar-refractivity contribution in [1.29, 1.82) is 0 Å². The quantitative estimate of drug-likeness (QED) is 0.688. The topological polar surface area (TPSA) is 72.0 Å². The zero-order valence-electron chi connectivity index (χ0n) is 16.9. The van der Waals surface area contributed by atoms with E-state index in [9.17, 15) is 4.39 Å². The molecule has 4 heterocycles. The number of likely N-dealkylation sites (tertiary alicyclic amines) is 1. The summed E-state index contributed by atoms with van der Waals surface area (Å²) in [6.45, 7) is 9.76. The molecule has 29 heavy (non-hydrogen) atoms. The summed E-state index contributed by atoms with van der Waals surface area (Å²) in [4.78, 5) is 7.09. The van der Waals surface area contributed by atoms with Gasteiger partial charge in [-0.15, -0.1) is 0 Å². The van der Waals surface area contributed by atoms with Crippen molar-refractivity contribution in [3.63, 3.8) is 0 Å². The first-order valence-electron chi connectivity index (χ1n) is 10.5. The second-order valence-corrected chi connectivity index (χ2v) is 8.72. The Balaban J connectivity index is 1.34. The van der Waals surface area contributed by atoms with E-state index < -0.39 is 0 Å². The molecule has 0 saturated carbocycles. The molecule has 2 aliphatic rings. The van der Waals surface area contributed by atoms with Crippen molar-refractivity contribution >= 4 is 10.9 Å². The molecule has 2 saturated heterocycles. The number of aromatic nitrogens is 4. The monoisotopic (exact) mass is 398 g/mol. The normalized spacial score (nSPS) is 20.8. The van der Waals surface area contributed by atoms with E-state index in [4.69, 9.17) is 4.52 Å². The lowest BCUT2D eigenvalue weighted by Crippen LogP contribution is -2.47. The Hall–Kier alpha value is -2.32. The minimum Gasteiger partial charge on any atom is -0.337 e. The van der Waals surface area contributed by atoms with Gasteiger partial charge in [0, 0.05) is 38.0 Å². The number of halogens is 1. The fourth-order valence-corrected chi connectivity index (χ4v) is 4.47. The summed E-state index contributed by atoms with van der Waals surface area (Å²) in [6, 6.07) is 5.04. The van der Waals surface area contributed by atoms with E-state index in [0.29, 0.717) is 23.3 Å². The molecule has 2 aromatic heterocycles. The summed E-state index contributed by atoms with van der Waals surface area (Å²) in [5.74, 6) is 2.06. The molecule has 0 unspecified atom stereocenters. The molecule has 1 atom stereocenters. The van der Waals surface area contributed by atoms with E-state index in [1.807, 2.05) is 19.9 Å². The van der Waals surface area contributed by atoms with Crippen molar-refractivity contribution in [3.05, 3.63) is 35.6 Å². The van der Waals surface area contributed by atoms with Crippen molar-refractivity contribution in [3.8, 4) is 5.95 Å². The van der Waals surface area contributed by atoms with Gasteiger partial charge in [-0.1, -0.05) is 26.0 Å². The molecule has 0 spiro atoms. The summed E-state index contributed by atoms with van der Waals surface area (Å²) in [7, 11) is 0. The number of benzene rings is 1. The van der Waals surface area contributed by atoms with Crippen LogP contribution >= 0.6 is 0 Å². The summed E-state index contributed by atoms with van der Waals surface area (Å²) in [5.41, 5.74) is 1.24. The van der Waals surface area contributed by atoms with Gasteiger partial charge in [-0.05, 0) is 41.9 Å².